The third-order valence-electron chi connectivity index (χ3n) is 6.56. The number of carbonyl (C=O) groups is 2. The second-order valence-electron chi connectivity index (χ2n) is 9.83. The summed E-state index contributed by atoms with van der Waals surface area (Å²) < 4.78 is 0. The minimum atomic E-state index is -0.250. The summed E-state index contributed by atoms with van der Waals surface area (Å²) in [5.74, 6) is -0.0958. The zero-order valence-corrected chi connectivity index (χ0v) is 22.2. The van der Waals surface area contributed by atoms with E-state index in [4.69, 9.17) is 0 Å². The molecule has 0 saturated carbocycles. The Morgan fingerprint density at radius 2 is 1.00 bits per heavy atom. The Kier molecular flexibility index (Phi) is 15.1. The monoisotopic (exact) mass is 494 g/mol. The van der Waals surface area contributed by atoms with Crippen LogP contribution in [0.15, 0.2) is 48.5 Å². The van der Waals surface area contributed by atoms with Crippen LogP contribution >= 0.6 is 0 Å². The number of hydrogen-bond acceptors (Lipinski definition) is 3. The highest BCUT2D eigenvalue weighted by Crippen LogP contribution is 2.17. The van der Waals surface area contributed by atoms with Crippen LogP contribution in [0.4, 0.5) is 11.4 Å². The van der Waals surface area contributed by atoms with E-state index in [1.54, 1.807) is 36.4 Å². The Labute approximate surface area is 218 Å². The minimum Gasteiger partial charge on any atom is -0.508 e. The highest BCUT2D eigenvalue weighted by Gasteiger charge is 2.07. The maximum Gasteiger partial charge on any atom is 0.255 e. The van der Waals surface area contributed by atoms with E-state index in [9.17, 15) is 14.7 Å². The molecule has 2 amide bonds. The second-order valence-corrected chi connectivity index (χ2v) is 9.83. The number of amides is 2. The molecule has 198 valence electrons. The first kappa shape index (κ1) is 29.4. The molecule has 2 aromatic carbocycles. The minimum absolute atomic E-state index is 0.0329. The Hall–Kier alpha value is -2.82. The summed E-state index contributed by atoms with van der Waals surface area (Å²) in [6.45, 7) is 2.27. The van der Waals surface area contributed by atoms with Crippen molar-refractivity contribution in [3.8, 4) is 5.75 Å². The Balaban J connectivity index is 1.46. The van der Waals surface area contributed by atoms with Crippen LogP contribution in [0.3, 0.4) is 0 Å². The third-order valence-corrected chi connectivity index (χ3v) is 6.56. The van der Waals surface area contributed by atoms with Crippen molar-refractivity contribution in [3.05, 3.63) is 54.1 Å². The number of nitrogens with one attached hydrogen (secondary N) is 2. The van der Waals surface area contributed by atoms with Gasteiger partial charge in [-0.15, -0.1) is 0 Å². The molecule has 0 fully saturated rings. The van der Waals surface area contributed by atoms with Gasteiger partial charge < -0.3 is 15.7 Å². The maximum absolute atomic E-state index is 12.2. The number of unbranched alkanes of at least 4 members (excludes halogenated alkanes) is 14. The van der Waals surface area contributed by atoms with Crippen LogP contribution in [0.2, 0.25) is 0 Å². The summed E-state index contributed by atoms with van der Waals surface area (Å²) in [6.07, 6.45) is 20.3. The fourth-order valence-corrected chi connectivity index (χ4v) is 4.33. The third kappa shape index (κ3) is 13.3. The maximum atomic E-state index is 12.2. The van der Waals surface area contributed by atoms with Gasteiger partial charge in [0, 0.05) is 23.4 Å². The summed E-state index contributed by atoms with van der Waals surface area (Å²) in [4.78, 5) is 24.5. The molecule has 0 radical (unpaired) electrons. The van der Waals surface area contributed by atoms with E-state index in [1.807, 2.05) is 0 Å². The van der Waals surface area contributed by atoms with Gasteiger partial charge in [-0.2, -0.15) is 0 Å². The quantitative estimate of drug-likeness (QED) is 0.171. The number of phenols is 1. The Morgan fingerprint density at radius 1 is 0.583 bits per heavy atom. The van der Waals surface area contributed by atoms with Crippen LogP contribution in [0, 0.1) is 0 Å². The lowest BCUT2D eigenvalue weighted by Gasteiger charge is -2.08. The number of phenolic OH excluding ortho intramolecular Hbond substituents is 1. The van der Waals surface area contributed by atoms with Gasteiger partial charge in [-0.25, -0.2) is 0 Å². The molecule has 2 rings (SSSR count). The van der Waals surface area contributed by atoms with Crippen molar-refractivity contribution in [2.45, 2.75) is 110 Å². The van der Waals surface area contributed by atoms with Crippen molar-refractivity contribution in [2.75, 3.05) is 10.6 Å². The molecular weight excluding hydrogens is 448 g/mol. The number of benzene rings is 2. The average Bonchev–Trinajstić information content (AvgIpc) is 2.88. The van der Waals surface area contributed by atoms with Crippen LogP contribution < -0.4 is 10.6 Å². The van der Waals surface area contributed by atoms with Gasteiger partial charge in [-0.05, 0) is 55.0 Å². The lowest BCUT2D eigenvalue weighted by atomic mass is 10.0. The molecule has 5 heteroatoms. The number of rotatable bonds is 19. The van der Waals surface area contributed by atoms with E-state index in [0.717, 1.165) is 18.5 Å². The second kappa shape index (κ2) is 18.4. The lowest BCUT2D eigenvalue weighted by Crippen LogP contribution is -2.13. The summed E-state index contributed by atoms with van der Waals surface area (Å²) in [6, 6.07) is 13.2. The Bertz CT molecular complexity index is 862. The number of aromatic hydroxyl groups is 1. The van der Waals surface area contributed by atoms with Gasteiger partial charge in [-0.3, -0.25) is 9.59 Å². The van der Waals surface area contributed by atoms with Crippen molar-refractivity contribution < 1.29 is 14.7 Å². The summed E-state index contributed by atoms with van der Waals surface area (Å²) in [5, 5.41) is 15.1. The highest BCUT2D eigenvalue weighted by atomic mass is 16.3. The molecule has 0 aromatic heterocycles. The van der Waals surface area contributed by atoms with Gasteiger partial charge in [0.15, 0.2) is 0 Å². The fourth-order valence-electron chi connectivity index (χ4n) is 4.33. The molecule has 0 bridgehead atoms. The Morgan fingerprint density at radius 3 is 1.47 bits per heavy atom. The van der Waals surface area contributed by atoms with Gasteiger partial charge in [-0.1, -0.05) is 96.8 Å². The highest BCUT2D eigenvalue weighted by molar-refractivity contribution is 6.04. The van der Waals surface area contributed by atoms with Crippen LogP contribution in [-0.2, 0) is 4.79 Å². The molecule has 2 aromatic rings. The molecule has 5 nitrogen and oxygen atoms in total. The van der Waals surface area contributed by atoms with Crippen molar-refractivity contribution in [1.29, 1.82) is 0 Å². The fraction of sp³-hybridized carbons (Fsp3) is 0.548. The van der Waals surface area contributed by atoms with E-state index in [0.29, 0.717) is 17.7 Å². The average molecular weight is 495 g/mol. The molecule has 0 aliphatic heterocycles. The molecule has 0 spiro atoms. The molecule has 0 heterocycles. The first-order valence-electron chi connectivity index (χ1n) is 14.1. The van der Waals surface area contributed by atoms with Crippen LogP contribution in [0.1, 0.15) is 120 Å². The predicted molar refractivity (Wildman–Crippen MR) is 151 cm³/mol. The van der Waals surface area contributed by atoms with Gasteiger partial charge in [0.05, 0.1) is 0 Å². The van der Waals surface area contributed by atoms with Gasteiger partial charge in [0.2, 0.25) is 5.91 Å². The smallest absolute Gasteiger partial charge is 0.255 e. The number of carbonyl (C=O) groups excluding carboxylic acids is 2. The van der Waals surface area contributed by atoms with Crippen LogP contribution in [0.25, 0.3) is 0 Å². The molecule has 0 saturated heterocycles. The van der Waals surface area contributed by atoms with Crippen molar-refractivity contribution in [2.24, 2.45) is 0 Å². The molecule has 0 unspecified atom stereocenters. The predicted octanol–water partition coefficient (Wildman–Crippen LogP) is 8.84. The zero-order valence-electron chi connectivity index (χ0n) is 22.2. The topological polar surface area (TPSA) is 78.4 Å². The van der Waals surface area contributed by atoms with E-state index >= 15 is 0 Å². The lowest BCUT2D eigenvalue weighted by molar-refractivity contribution is -0.116. The van der Waals surface area contributed by atoms with Crippen molar-refractivity contribution >= 4 is 23.2 Å². The molecule has 0 aliphatic carbocycles. The molecule has 0 aliphatic rings. The number of hydrogen-bond donors (Lipinski definition) is 3. The summed E-state index contributed by atoms with van der Waals surface area (Å²) in [5.41, 5.74) is 1.84. The van der Waals surface area contributed by atoms with Crippen LogP contribution in [0.5, 0.6) is 5.75 Å². The van der Waals surface area contributed by atoms with E-state index in [2.05, 4.69) is 17.6 Å². The van der Waals surface area contributed by atoms with E-state index in [-0.39, 0.29) is 17.6 Å². The standard InChI is InChI=1S/C31H46N2O3/c1-2-3-4-5-6-7-8-9-10-11-12-13-14-15-16-17-30(35)32-27-20-22-28(23-21-27)33-31(36)26-18-24-29(34)25-19-26/h18-25,34H,2-17H2,1H3,(H,32,35)(H,33,36). The van der Waals surface area contributed by atoms with Crippen LogP contribution in [-0.4, -0.2) is 16.9 Å². The normalized spacial score (nSPS) is 10.8. The molecule has 0 atom stereocenters. The van der Waals surface area contributed by atoms with Gasteiger partial charge >= 0.3 is 0 Å². The molecular formula is C31H46N2O3. The van der Waals surface area contributed by atoms with Gasteiger partial charge in [0.25, 0.3) is 5.91 Å². The number of anilines is 2. The van der Waals surface area contributed by atoms with E-state index in [1.165, 1.54) is 95.6 Å². The first-order chi connectivity index (χ1) is 17.6. The molecule has 36 heavy (non-hydrogen) atoms. The van der Waals surface area contributed by atoms with Crippen molar-refractivity contribution in [1.82, 2.24) is 0 Å². The SMILES string of the molecule is CCCCCCCCCCCCCCCCCC(=O)Nc1ccc(NC(=O)c2ccc(O)cc2)cc1. The summed E-state index contributed by atoms with van der Waals surface area (Å²) in [7, 11) is 0. The zero-order chi connectivity index (χ0) is 25.8. The summed E-state index contributed by atoms with van der Waals surface area (Å²) >= 11 is 0. The van der Waals surface area contributed by atoms with E-state index < -0.39 is 0 Å². The van der Waals surface area contributed by atoms with Crippen molar-refractivity contribution in [3.63, 3.8) is 0 Å². The largest absolute Gasteiger partial charge is 0.508 e. The molecule has 3 N–H and O–H groups in total. The first-order valence-corrected chi connectivity index (χ1v) is 14.1. The van der Waals surface area contributed by atoms with Gasteiger partial charge in [0.1, 0.15) is 5.75 Å².